The molecule has 2 aliphatic rings. The van der Waals surface area contributed by atoms with Crippen molar-refractivity contribution in [3.8, 4) is 5.75 Å². The third-order valence-electron chi connectivity index (χ3n) is 7.06. The highest BCUT2D eigenvalue weighted by molar-refractivity contribution is 5.37. The first-order valence-electron chi connectivity index (χ1n) is 10.8. The van der Waals surface area contributed by atoms with E-state index in [1.165, 1.54) is 35.2 Å². The van der Waals surface area contributed by atoms with Crippen LogP contribution in [0, 0.1) is 11.7 Å². The summed E-state index contributed by atoms with van der Waals surface area (Å²) in [6.07, 6.45) is 8.29. The predicted octanol–water partition coefficient (Wildman–Crippen LogP) is 4.53. The summed E-state index contributed by atoms with van der Waals surface area (Å²) in [6, 6.07) is 11.8. The molecule has 3 atom stereocenters. The summed E-state index contributed by atoms with van der Waals surface area (Å²) >= 11 is 0. The van der Waals surface area contributed by atoms with Gasteiger partial charge in [-0.2, -0.15) is 0 Å². The lowest BCUT2D eigenvalue weighted by Gasteiger charge is -2.26. The Labute approximate surface area is 173 Å². The molecule has 4 rings (SSSR count). The number of aliphatic hydroxyl groups excluding tert-OH is 1. The second-order valence-electron chi connectivity index (χ2n) is 9.09. The van der Waals surface area contributed by atoms with Crippen LogP contribution in [0.4, 0.5) is 4.39 Å². The molecule has 2 aliphatic carbocycles. The molecule has 29 heavy (non-hydrogen) atoms. The SMILES string of the molecule is COc1cc(F)ccc1CC[C@@H]1CCc2cc([C@H]3CC[C@](N)(CO)C3)ccc2C1. The molecule has 3 nitrogen and oxygen atoms in total. The van der Waals surface area contributed by atoms with Crippen molar-refractivity contribution in [1.29, 1.82) is 0 Å². The molecule has 0 amide bonds. The Hall–Kier alpha value is -1.91. The van der Waals surface area contributed by atoms with Gasteiger partial charge in [0.1, 0.15) is 11.6 Å². The maximum absolute atomic E-state index is 13.4. The van der Waals surface area contributed by atoms with Crippen LogP contribution in [0.15, 0.2) is 36.4 Å². The van der Waals surface area contributed by atoms with Crippen molar-refractivity contribution < 1.29 is 14.2 Å². The molecule has 2 aromatic rings. The van der Waals surface area contributed by atoms with E-state index in [1.54, 1.807) is 7.11 Å². The third kappa shape index (κ3) is 4.49. The highest BCUT2D eigenvalue weighted by Gasteiger charge is 2.36. The zero-order valence-corrected chi connectivity index (χ0v) is 17.3. The second kappa shape index (κ2) is 8.45. The van der Waals surface area contributed by atoms with Gasteiger partial charge >= 0.3 is 0 Å². The number of rotatable bonds is 6. The zero-order chi connectivity index (χ0) is 20.4. The number of aliphatic hydroxyl groups is 1. The van der Waals surface area contributed by atoms with Crippen LogP contribution in [-0.4, -0.2) is 24.4 Å². The molecule has 0 heterocycles. The van der Waals surface area contributed by atoms with Crippen LogP contribution in [0.2, 0.25) is 0 Å². The van der Waals surface area contributed by atoms with Crippen LogP contribution in [0.1, 0.15) is 60.3 Å². The molecule has 2 aromatic carbocycles. The Bertz CT molecular complexity index is 868. The molecule has 0 saturated heterocycles. The lowest BCUT2D eigenvalue weighted by atomic mass is 9.79. The lowest BCUT2D eigenvalue weighted by molar-refractivity contribution is 0.198. The van der Waals surface area contributed by atoms with E-state index >= 15 is 0 Å². The van der Waals surface area contributed by atoms with E-state index in [1.807, 2.05) is 6.07 Å². The monoisotopic (exact) mass is 397 g/mol. The zero-order valence-electron chi connectivity index (χ0n) is 17.3. The number of methoxy groups -OCH3 is 1. The minimum atomic E-state index is -0.396. The topological polar surface area (TPSA) is 55.5 Å². The Kier molecular flexibility index (Phi) is 5.93. The Morgan fingerprint density at radius 2 is 2.03 bits per heavy atom. The number of benzene rings is 2. The summed E-state index contributed by atoms with van der Waals surface area (Å²) in [4.78, 5) is 0. The molecular formula is C25H32FNO2. The molecule has 0 radical (unpaired) electrons. The van der Waals surface area contributed by atoms with Gasteiger partial charge in [0.15, 0.2) is 0 Å². The highest BCUT2D eigenvalue weighted by Crippen LogP contribution is 2.41. The van der Waals surface area contributed by atoms with Crippen LogP contribution in [0.5, 0.6) is 5.75 Å². The van der Waals surface area contributed by atoms with Crippen molar-refractivity contribution in [2.45, 2.75) is 62.8 Å². The highest BCUT2D eigenvalue weighted by atomic mass is 19.1. The summed E-state index contributed by atoms with van der Waals surface area (Å²) in [7, 11) is 1.60. The number of hydrogen-bond acceptors (Lipinski definition) is 3. The van der Waals surface area contributed by atoms with Crippen molar-refractivity contribution in [3.63, 3.8) is 0 Å². The normalized spacial score (nSPS) is 26.3. The molecule has 1 fully saturated rings. The molecule has 0 unspecified atom stereocenters. The van der Waals surface area contributed by atoms with Crippen molar-refractivity contribution in [2.75, 3.05) is 13.7 Å². The number of nitrogens with two attached hydrogens (primary N) is 1. The van der Waals surface area contributed by atoms with Crippen LogP contribution < -0.4 is 10.5 Å². The van der Waals surface area contributed by atoms with E-state index in [0.29, 0.717) is 17.6 Å². The summed E-state index contributed by atoms with van der Waals surface area (Å²) in [5, 5.41) is 9.54. The van der Waals surface area contributed by atoms with Gasteiger partial charge in [-0.3, -0.25) is 0 Å². The van der Waals surface area contributed by atoms with Crippen molar-refractivity contribution >= 4 is 0 Å². The first kappa shape index (κ1) is 20.4. The van der Waals surface area contributed by atoms with E-state index in [2.05, 4.69) is 18.2 Å². The van der Waals surface area contributed by atoms with Gasteiger partial charge in [-0.05, 0) is 91.5 Å². The van der Waals surface area contributed by atoms with Crippen LogP contribution in [0.25, 0.3) is 0 Å². The first-order valence-corrected chi connectivity index (χ1v) is 10.8. The molecular weight excluding hydrogens is 365 g/mol. The second-order valence-corrected chi connectivity index (χ2v) is 9.09. The standard InChI is InChI=1S/C25H32FNO2/c1-29-24-14-23(26)9-8-18(24)4-2-17-3-5-20-13-21(7-6-19(20)12-17)22-10-11-25(27,15-22)16-28/h6-9,13-14,17,22,28H,2-5,10-12,15-16,27H2,1H3/t17-,22+,25-/m1/s1. The molecule has 4 heteroatoms. The van der Waals surface area contributed by atoms with E-state index in [-0.39, 0.29) is 12.4 Å². The van der Waals surface area contributed by atoms with E-state index < -0.39 is 5.54 Å². The fourth-order valence-electron chi connectivity index (χ4n) is 5.22. The van der Waals surface area contributed by atoms with Gasteiger partial charge in [-0.25, -0.2) is 4.39 Å². The minimum Gasteiger partial charge on any atom is -0.496 e. The maximum Gasteiger partial charge on any atom is 0.126 e. The predicted molar refractivity (Wildman–Crippen MR) is 114 cm³/mol. The number of hydrogen-bond donors (Lipinski definition) is 2. The van der Waals surface area contributed by atoms with Gasteiger partial charge in [0.05, 0.1) is 13.7 Å². The van der Waals surface area contributed by atoms with E-state index in [0.717, 1.165) is 50.5 Å². The maximum atomic E-state index is 13.4. The largest absolute Gasteiger partial charge is 0.496 e. The third-order valence-corrected chi connectivity index (χ3v) is 7.06. The first-order chi connectivity index (χ1) is 14.0. The van der Waals surface area contributed by atoms with Crippen molar-refractivity contribution in [3.05, 3.63) is 64.5 Å². The molecule has 0 bridgehead atoms. The molecule has 0 spiro atoms. The Morgan fingerprint density at radius 3 is 2.79 bits per heavy atom. The summed E-state index contributed by atoms with van der Waals surface area (Å²) in [5.74, 6) is 1.53. The lowest BCUT2D eigenvalue weighted by Crippen LogP contribution is -2.40. The number of fused-ring (bicyclic) bond motifs is 1. The smallest absolute Gasteiger partial charge is 0.126 e. The molecule has 0 aromatic heterocycles. The fourth-order valence-corrected chi connectivity index (χ4v) is 5.22. The quantitative estimate of drug-likeness (QED) is 0.753. The summed E-state index contributed by atoms with van der Waals surface area (Å²) < 4.78 is 18.7. The van der Waals surface area contributed by atoms with Gasteiger partial charge in [0.2, 0.25) is 0 Å². The van der Waals surface area contributed by atoms with Crippen molar-refractivity contribution in [2.24, 2.45) is 11.7 Å². The van der Waals surface area contributed by atoms with Gasteiger partial charge in [-0.1, -0.05) is 24.3 Å². The number of halogens is 1. The van der Waals surface area contributed by atoms with Crippen LogP contribution in [0.3, 0.4) is 0 Å². The fraction of sp³-hybridized carbons (Fsp3) is 0.520. The van der Waals surface area contributed by atoms with Crippen LogP contribution in [-0.2, 0) is 19.3 Å². The Morgan fingerprint density at radius 1 is 1.17 bits per heavy atom. The van der Waals surface area contributed by atoms with Gasteiger partial charge in [-0.15, -0.1) is 0 Å². The average molecular weight is 398 g/mol. The van der Waals surface area contributed by atoms with Crippen LogP contribution >= 0.6 is 0 Å². The molecule has 156 valence electrons. The molecule has 1 saturated carbocycles. The Balaban J connectivity index is 1.38. The summed E-state index contributed by atoms with van der Waals surface area (Å²) in [5.41, 5.74) is 11.3. The van der Waals surface area contributed by atoms with Gasteiger partial charge < -0.3 is 15.6 Å². The van der Waals surface area contributed by atoms with Gasteiger partial charge in [0.25, 0.3) is 0 Å². The average Bonchev–Trinajstić information content (AvgIpc) is 3.15. The van der Waals surface area contributed by atoms with Gasteiger partial charge in [0, 0.05) is 11.6 Å². The minimum absolute atomic E-state index is 0.0783. The van der Waals surface area contributed by atoms with Crippen molar-refractivity contribution in [1.82, 2.24) is 0 Å². The molecule has 3 N–H and O–H groups in total. The number of aryl methyl sites for hydroxylation is 2. The number of ether oxygens (including phenoxy) is 1. The summed E-state index contributed by atoms with van der Waals surface area (Å²) in [6.45, 7) is 0.0783. The molecule has 0 aliphatic heterocycles. The van der Waals surface area contributed by atoms with E-state index in [4.69, 9.17) is 10.5 Å². The van der Waals surface area contributed by atoms with E-state index in [9.17, 15) is 9.50 Å².